The Balaban J connectivity index is 1.55. The molecule has 2 aromatic carbocycles. The van der Waals surface area contributed by atoms with Gasteiger partial charge in [-0.3, -0.25) is 14.8 Å². The van der Waals surface area contributed by atoms with Crippen molar-refractivity contribution in [3.63, 3.8) is 0 Å². The molecule has 1 aliphatic heterocycles. The maximum Gasteiger partial charge on any atom is 0.293 e. The van der Waals surface area contributed by atoms with Crippen LogP contribution in [0.4, 0.5) is 17.1 Å². The van der Waals surface area contributed by atoms with Gasteiger partial charge in [0, 0.05) is 50.3 Å². The second-order valence-corrected chi connectivity index (χ2v) is 9.11. The minimum absolute atomic E-state index is 0.156. The number of piperazine rings is 1. The number of nitrogens with zero attached hydrogens (tertiary/aromatic N) is 5. The Morgan fingerprint density at radius 1 is 1.09 bits per heavy atom. The summed E-state index contributed by atoms with van der Waals surface area (Å²) >= 11 is 0. The second-order valence-electron chi connectivity index (χ2n) is 7.43. The van der Waals surface area contributed by atoms with E-state index in [2.05, 4.69) is 21.6 Å². The number of likely N-dealkylation sites (N-methyl/N-ethyl adjacent to an activating group) is 1. The monoisotopic (exact) mass is 456 g/mol. The predicted octanol–water partition coefficient (Wildman–Crippen LogP) is 2.72. The van der Waals surface area contributed by atoms with Gasteiger partial charge in [0.25, 0.3) is 15.7 Å². The number of benzene rings is 2. The normalized spacial score (nSPS) is 15.0. The van der Waals surface area contributed by atoms with Gasteiger partial charge in [0.05, 0.1) is 15.5 Å². The number of hydrogen-bond donors (Lipinski definition) is 1. The van der Waals surface area contributed by atoms with Crippen LogP contribution in [-0.2, 0) is 10.0 Å². The molecular weight excluding hydrogens is 432 g/mol. The van der Waals surface area contributed by atoms with E-state index < -0.39 is 14.9 Å². The fraction of sp³-hybridized carbons (Fsp3) is 0.286. The van der Waals surface area contributed by atoms with Crippen LogP contribution in [-0.4, -0.2) is 60.7 Å². The van der Waals surface area contributed by atoms with Gasteiger partial charge in [0.1, 0.15) is 5.69 Å². The van der Waals surface area contributed by atoms with Crippen LogP contribution in [0.25, 0.3) is 5.69 Å². The Bertz CT molecular complexity index is 1190. The fourth-order valence-electron chi connectivity index (χ4n) is 3.71. The van der Waals surface area contributed by atoms with E-state index in [0.29, 0.717) is 24.5 Å². The molecular formula is C21H24N6O4S. The quantitative estimate of drug-likeness (QED) is 0.429. The predicted molar refractivity (Wildman–Crippen MR) is 122 cm³/mol. The van der Waals surface area contributed by atoms with Gasteiger partial charge >= 0.3 is 0 Å². The van der Waals surface area contributed by atoms with E-state index in [1.807, 2.05) is 4.90 Å². The van der Waals surface area contributed by atoms with Gasteiger partial charge in [-0.2, -0.15) is 5.10 Å². The number of aromatic nitrogens is 2. The van der Waals surface area contributed by atoms with Crippen molar-refractivity contribution in [2.45, 2.75) is 11.8 Å². The Morgan fingerprint density at radius 2 is 1.81 bits per heavy atom. The average Bonchev–Trinajstić information content (AvgIpc) is 3.34. The lowest BCUT2D eigenvalue weighted by Gasteiger charge is -2.35. The molecule has 0 saturated carbocycles. The van der Waals surface area contributed by atoms with E-state index in [4.69, 9.17) is 0 Å². The molecule has 1 aliphatic rings. The zero-order valence-corrected chi connectivity index (χ0v) is 18.4. The van der Waals surface area contributed by atoms with Crippen molar-refractivity contribution in [1.82, 2.24) is 14.7 Å². The Hall–Kier alpha value is -3.44. The van der Waals surface area contributed by atoms with Crippen molar-refractivity contribution < 1.29 is 13.3 Å². The number of rotatable bonds is 7. The lowest BCUT2D eigenvalue weighted by Crippen LogP contribution is -2.46. The molecule has 1 fully saturated rings. The zero-order valence-electron chi connectivity index (χ0n) is 17.6. The maximum atomic E-state index is 12.9. The lowest BCUT2D eigenvalue weighted by molar-refractivity contribution is -0.384. The van der Waals surface area contributed by atoms with Crippen molar-refractivity contribution in [3.05, 3.63) is 71.0 Å². The molecule has 10 nitrogen and oxygen atoms in total. The molecule has 2 heterocycles. The third kappa shape index (κ3) is 4.58. The second kappa shape index (κ2) is 8.97. The SMILES string of the molecule is CCN1CCN(c2ccc(S(=O)(=O)Nc3ccc(-n4cccn4)cc3)cc2[N+](=O)[O-])CC1. The summed E-state index contributed by atoms with van der Waals surface area (Å²) in [7, 11) is -4.00. The topological polar surface area (TPSA) is 114 Å². The lowest BCUT2D eigenvalue weighted by atomic mass is 10.2. The minimum atomic E-state index is -4.00. The molecule has 0 spiro atoms. The molecule has 4 rings (SSSR count). The number of sulfonamides is 1. The first-order chi connectivity index (χ1) is 15.4. The van der Waals surface area contributed by atoms with Crippen molar-refractivity contribution in [2.24, 2.45) is 0 Å². The molecule has 1 saturated heterocycles. The number of anilines is 2. The van der Waals surface area contributed by atoms with Gasteiger partial charge in [-0.15, -0.1) is 0 Å². The van der Waals surface area contributed by atoms with E-state index in [1.165, 1.54) is 12.1 Å². The number of nitro groups is 1. The van der Waals surface area contributed by atoms with Gasteiger partial charge in [-0.1, -0.05) is 6.92 Å². The zero-order chi connectivity index (χ0) is 22.7. The van der Waals surface area contributed by atoms with Crippen LogP contribution < -0.4 is 9.62 Å². The summed E-state index contributed by atoms with van der Waals surface area (Å²) in [5, 5.41) is 15.8. The third-order valence-corrected chi connectivity index (χ3v) is 6.88. The molecule has 11 heteroatoms. The average molecular weight is 457 g/mol. The first-order valence-corrected chi connectivity index (χ1v) is 11.7. The Labute approximate surface area is 186 Å². The number of nitrogens with one attached hydrogen (secondary N) is 1. The summed E-state index contributed by atoms with van der Waals surface area (Å²) in [5.41, 5.74) is 1.35. The molecule has 32 heavy (non-hydrogen) atoms. The van der Waals surface area contributed by atoms with Crippen LogP contribution in [0.5, 0.6) is 0 Å². The Kier molecular flexibility index (Phi) is 6.10. The number of hydrogen-bond acceptors (Lipinski definition) is 7. The maximum absolute atomic E-state index is 12.9. The minimum Gasteiger partial charge on any atom is -0.363 e. The van der Waals surface area contributed by atoms with Crippen LogP contribution in [0.15, 0.2) is 65.8 Å². The molecule has 0 bridgehead atoms. The van der Waals surface area contributed by atoms with Gasteiger partial charge in [-0.25, -0.2) is 13.1 Å². The fourth-order valence-corrected chi connectivity index (χ4v) is 4.79. The van der Waals surface area contributed by atoms with Crippen LogP contribution in [0.2, 0.25) is 0 Å². The molecule has 0 atom stereocenters. The third-order valence-electron chi connectivity index (χ3n) is 5.50. The van der Waals surface area contributed by atoms with Crippen molar-refractivity contribution in [3.8, 4) is 5.69 Å². The summed E-state index contributed by atoms with van der Waals surface area (Å²) in [6, 6.07) is 12.5. The summed E-state index contributed by atoms with van der Waals surface area (Å²) in [6.45, 7) is 5.94. The molecule has 0 radical (unpaired) electrons. The standard InChI is InChI=1S/C21H24N6O4S/c1-2-24-12-14-25(15-13-24)20-9-8-19(16-21(20)27(28)29)32(30,31)23-17-4-6-18(7-5-17)26-11-3-10-22-26/h3-11,16,23H,2,12-15H2,1H3. The van der Waals surface area contributed by atoms with E-state index >= 15 is 0 Å². The molecule has 0 unspecified atom stereocenters. The first-order valence-electron chi connectivity index (χ1n) is 10.3. The van der Waals surface area contributed by atoms with Crippen molar-refractivity contribution in [2.75, 3.05) is 42.3 Å². The van der Waals surface area contributed by atoms with Gasteiger partial charge in [0.15, 0.2) is 0 Å². The van der Waals surface area contributed by atoms with E-state index in [1.54, 1.807) is 47.4 Å². The summed E-state index contributed by atoms with van der Waals surface area (Å²) in [6.07, 6.45) is 3.43. The molecule has 1 aromatic heterocycles. The van der Waals surface area contributed by atoms with Gasteiger partial charge < -0.3 is 9.80 Å². The van der Waals surface area contributed by atoms with Crippen LogP contribution in [0, 0.1) is 10.1 Å². The highest BCUT2D eigenvalue weighted by Crippen LogP contribution is 2.32. The van der Waals surface area contributed by atoms with Crippen molar-refractivity contribution >= 4 is 27.1 Å². The summed E-state index contributed by atoms with van der Waals surface area (Å²) in [5.74, 6) is 0. The van der Waals surface area contributed by atoms with Gasteiger partial charge in [-0.05, 0) is 49.0 Å². The molecule has 3 aromatic rings. The Morgan fingerprint density at radius 3 is 2.41 bits per heavy atom. The largest absolute Gasteiger partial charge is 0.363 e. The molecule has 168 valence electrons. The summed E-state index contributed by atoms with van der Waals surface area (Å²) in [4.78, 5) is 15.2. The van der Waals surface area contributed by atoms with Gasteiger partial charge in [0.2, 0.25) is 0 Å². The highest BCUT2D eigenvalue weighted by atomic mass is 32.2. The molecule has 0 amide bonds. The van der Waals surface area contributed by atoms with E-state index in [0.717, 1.165) is 31.4 Å². The van der Waals surface area contributed by atoms with Crippen LogP contribution >= 0.6 is 0 Å². The smallest absolute Gasteiger partial charge is 0.293 e. The van der Waals surface area contributed by atoms with E-state index in [9.17, 15) is 18.5 Å². The number of nitro benzene ring substituents is 1. The highest BCUT2D eigenvalue weighted by Gasteiger charge is 2.26. The summed E-state index contributed by atoms with van der Waals surface area (Å²) < 4.78 is 29.9. The van der Waals surface area contributed by atoms with Crippen molar-refractivity contribution in [1.29, 1.82) is 0 Å². The van der Waals surface area contributed by atoms with E-state index in [-0.39, 0.29) is 10.6 Å². The van der Waals surface area contributed by atoms with Crippen LogP contribution in [0.1, 0.15) is 6.92 Å². The highest BCUT2D eigenvalue weighted by molar-refractivity contribution is 7.92. The molecule has 1 N–H and O–H groups in total. The first kappa shape index (κ1) is 21.8. The van der Waals surface area contributed by atoms with Crippen LogP contribution in [0.3, 0.4) is 0 Å². The molecule has 0 aliphatic carbocycles.